The SMILES string of the molecule is COC(=O)C(CO)NC(=O)c1ccc(C)cc1F. The molecule has 1 amide bonds. The van der Waals surface area contributed by atoms with Crippen LogP contribution in [0, 0.1) is 12.7 Å². The van der Waals surface area contributed by atoms with E-state index in [1.165, 1.54) is 12.1 Å². The Kier molecular flexibility index (Phi) is 4.79. The number of esters is 1. The maximum absolute atomic E-state index is 13.5. The van der Waals surface area contributed by atoms with Gasteiger partial charge in [-0.1, -0.05) is 6.07 Å². The molecule has 0 saturated carbocycles. The number of benzene rings is 1. The molecule has 6 heteroatoms. The van der Waals surface area contributed by atoms with Gasteiger partial charge in [-0.3, -0.25) is 4.79 Å². The largest absolute Gasteiger partial charge is 0.467 e. The molecule has 0 radical (unpaired) electrons. The number of aliphatic hydroxyl groups is 1. The summed E-state index contributed by atoms with van der Waals surface area (Å²) < 4.78 is 17.9. The van der Waals surface area contributed by atoms with Gasteiger partial charge in [0.1, 0.15) is 5.82 Å². The normalized spacial score (nSPS) is 11.8. The fourth-order valence-corrected chi connectivity index (χ4v) is 1.36. The first-order valence-corrected chi connectivity index (χ1v) is 5.25. The smallest absolute Gasteiger partial charge is 0.330 e. The minimum atomic E-state index is -1.21. The summed E-state index contributed by atoms with van der Waals surface area (Å²) >= 11 is 0. The Balaban J connectivity index is 2.84. The van der Waals surface area contributed by atoms with Crippen molar-refractivity contribution < 1.29 is 23.8 Å². The van der Waals surface area contributed by atoms with Crippen molar-refractivity contribution in [3.63, 3.8) is 0 Å². The Hall–Kier alpha value is -1.95. The van der Waals surface area contributed by atoms with E-state index >= 15 is 0 Å². The molecule has 0 fully saturated rings. The van der Waals surface area contributed by atoms with Crippen LogP contribution < -0.4 is 5.32 Å². The number of ether oxygens (including phenoxy) is 1. The average Bonchev–Trinajstić information content (AvgIpc) is 2.34. The Morgan fingerprint density at radius 2 is 2.17 bits per heavy atom. The minimum Gasteiger partial charge on any atom is -0.467 e. The van der Waals surface area contributed by atoms with E-state index in [0.29, 0.717) is 5.56 Å². The van der Waals surface area contributed by atoms with Gasteiger partial charge in [0.2, 0.25) is 0 Å². The molecule has 1 atom stereocenters. The number of nitrogens with one attached hydrogen (secondary N) is 1. The zero-order valence-corrected chi connectivity index (χ0v) is 10.1. The number of rotatable bonds is 4. The van der Waals surface area contributed by atoms with Crippen molar-refractivity contribution in [2.75, 3.05) is 13.7 Å². The van der Waals surface area contributed by atoms with Crippen molar-refractivity contribution in [1.29, 1.82) is 0 Å². The van der Waals surface area contributed by atoms with Crippen LogP contribution in [0.1, 0.15) is 15.9 Å². The van der Waals surface area contributed by atoms with Gasteiger partial charge in [-0.2, -0.15) is 0 Å². The van der Waals surface area contributed by atoms with Crippen molar-refractivity contribution in [3.8, 4) is 0 Å². The van der Waals surface area contributed by atoms with Gasteiger partial charge in [0.25, 0.3) is 5.91 Å². The molecule has 0 heterocycles. The molecule has 0 aliphatic rings. The van der Waals surface area contributed by atoms with Gasteiger partial charge in [0, 0.05) is 0 Å². The number of aliphatic hydroxyl groups excluding tert-OH is 1. The highest BCUT2D eigenvalue weighted by atomic mass is 19.1. The molecule has 1 aromatic rings. The van der Waals surface area contributed by atoms with E-state index in [-0.39, 0.29) is 5.56 Å². The van der Waals surface area contributed by atoms with E-state index in [0.717, 1.165) is 7.11 Å². The number of aryl methyl sites for hydroxylation is 1. The highest BCUT2D eigenvalue weighted by molar-refractivity contribution is 5.97. The van der Waals surface area contributed by atoms with Crippen LogP contribution in [-0.4, -0.2) is 36.7 Å². The molecule has 1 rings (SSSR count). The molecule has 0 saturated heterocycles. The second-order valence-electron chi connectivity index (χ2n) is 3.72. The van der Waals surface area contributed by atoms with E-state index in [1.54, 1.807) is 13.0 Å². The molecule has 98 valence electrons. The van der Waals surface area contributed by atoms with Crippen molar-refractivity contribution in [3.05, 3.63) is 35.1 Å². The third kappa shape index (κ3) is 3.27. The second-order valence-corrected chi connectivity index (χ2v) is 3.72. The van der Waals surface area contributed by atoms with Crippen LogP contribution in [0.2, 0.25) is 0 Å². The third-order valence-electron chi connectivity index (χ3n) is 2.34. The molecule has 0 aliphatic heterocycles. The van der Waals surface area contributed by atoms with Crippen molar-refractivity contribution >= 4 is 11.9 Å². The lowest BCUT2D eigenvalue weighted by Gasteiger charge is -2.14. The highest BCUT2D eigenvalue weighted by Crippen LogP contribution is 2.10. The molecule has 0 aliphatic carbocycles. The van der Waals surface area contributed by atoms with Gasteiger partial charge < -0.3 is 15.2 Å². The summed E-state index contributed by atoms with van der Waals surface area (Å²) in [5.74, 6) is -2.26. The number of carbonyl (C=O) groups is 2. The van der Waals surface area contributed by atoms with Crippen molar-refractivity contribution in [2.24, 2.45) is 0 Å². The highest BCUT2D eigenvalue weighted by Gasteiger charge is 2.22. The maximum Gasteiger partial charge on any atom is 0.330 e. The summed E-state index contributed by atoms with van der Waals surface area (Å²) in [7, 11) is 1.13. The number of hydrogen-bond acceptors (Lipinski definition) is 4. The van der Waals surface area contributed by atoms with Gasteiger partial charge in [0.15, 0.2) is 6.04 Å². The maximum atomic E-state index is 13.5. The monoisotopic (exact) mass is 255 g/mol. The van der Waals surface area contributed by atoms with Crippen molar-refractivity contribution in [1.82, 2.24) is 5.32 Å². The number of amides is 1. The first-order chi connectivity index (χ1) is 8.49. The number of carbonyl (C=O) groups excluding carboxylic acids is 2. The molecule has 1 aromatic carbocycles. The fraction of sp³-hybridized carbons (Fsp3) is 0.333. The van der Waals surface area contributed by atoms with Crippen LogP contribution in [0.4, 0.5) is 4.39 Å². The topological polar surface area (TPSA) is 75.6 Å². The number of halogens is 1. The Morgan fingerprint density at radius 1 is 1.50 bits per heavy atom. The molecular weight excluding hydrogens is 241 g/mol. The van der Waals surface area contributed by atoms with Gasteiger partial charge >= 0.3 is 5.97 Å². The van der Waals surface area contributed by atoms with Crippen LogP contribution >= 0.6 is 0 Å². The fourth-order valence-electron chi connectivity index (χ4n) is 1.36. The van der Waals surface area contributed by atoms with E-state index in [1.807, 2.05) is 0 Å². The van der Waals surface area contributed by atoms with E-state index in [4.69, 9.17) is 5.11 Å². The van der Waals surface area contributed by atoms with Crippen LogP contribution in [0.5, 0.6) is 0 Å². The summed E-state index contributed by atoms with van der Waals surface area (Å²) in [4.78, 5) is 22.9. The quantitative estimate of drug-likeness (QED) is 0.763. The lowest BCUT2D eigenvalue weighted by Crippen LogP contribution is -2.44. The van der Waals surface area contributed by atoms with E-state index < -0.39 is 30.3 Å². The predicted octanol–water partition coefficient (Wildman–Crippen LogP) is 0.398. The summed E-state index contributed by atoms with van der Waals surface area (Å²) in [5, 5.41) is 11.1. The second kappa shape index (κ2) is 6.11. The number of hydrogen-bond donors (Lipinski definition) is 2. The van der Waals surface area contributed by atoms with Gasteiger partial charge in [0.05, 0.1) is 19.3 Å². The molecule has 2 N–H and O–H groups in total. The first-order valence-electron chi connectivity index (χ1n) is 5.25. The Labute approximate surface area is 104 Å². The number of methoxy groups -OCH3 is 1. The molecular formula is C12H14FNO4. The van der Waals surface area contributed by atoms with E-state index in [2.05, 4.69) is 10.1 Å². The Bertz CT molecular complexity index is 461. The summed E-state index contributed by atoms with van der Waals surface area (Å²) in [6.45, 7) is 1.07. The van der Waals surface area contributed by atoms with E-state index in [9.17, 15) is 14.0 Å². The zero-order valence-electron chi connectivity index (χ0n) is 10.1. The molecule has 0 bridgehead atoms. The van der Waals surface area contributed by atoms with Crippen LogP contribution in [0.3, 0.4) is 0 Å². The lowest BCUT2D eigenvalue weighted by molar-refractivity contribution is -0.143. The third-order valence-corrected chi connectivity index (χ3v) is 2.34. The predicted molar refractivity (Wildman–Crippen MR) is 61.5 cm³/mol. The molecule has 1 unspecified atom stereocenters. The lowest BCUT2D eigenvalue weighted by atomic mass is 10.1. The average molecular weight is 255 g/mol. The van der Waals surface area contributed by atoms with Gasteiger partial charge in [-0.15, -0.1) is 0 Å². The molecule has 18 heavy (non-hydrogen) atoms. The molecule has 5 nitrogen and oxygen atoms in total. The Morgan fingerprint density at radius 3 is 2.67 bits per heavy atom. The standard InChI is InChI=1S/C12H14FNO4/c1-7-3-4-8(9(13)5-7)11(16)14-10(6-15)12(17)18-2/h3-5,10,15H,6H2,1-2H3,(H,14,16). The van der Waals surface area contributed by atoms with Crippen LogP contribution in [0.15, 0.2) is 18.2 Å². The summed E-state index contributed by atoms with van der Waals surface area (Å²) in [6, 6.07) is 2.89. The zero-order chi connectivity index (χ0) is 13.7. The van der Waals surface area contributed by atoms with Crippen LogP contribution in [0.25, 0.3) is 0 Å². The van der Waals surface area contributed by atoms with Gasteiger partial charge in [-0.05, 0) is 24.6 Å². The first kappa shape index (κ1) is 14.1. The van der Waals surface area contributed by atoms with Gasteiger partial charge in [-0.25, -0.2) is 9.18 Å². The molecule has 0 aromatic heterocycles. The van der Waals surface area contributed by atoms with Crippen molar-refractivity contribution in [2.45, 2.75) is 13.0 Å². The van der Waals surface area contributed by atoms with Crippen LogP contribution in [-0.2, 0) is 9.53 Å². The summed E-state index contributed by atoms with van der Waals surface area (Å²) in [5.41, 5.74) is 0.485. The summed E-state index contributed by atoms with van der Waals surface area (Å²) in [6.07, 6.45) is 0. The minimum absolute atomic E-state index is 0.192. The molecule has 0 spiro atoms.